The second-order valence-corrected chi connectivity index (χ2v) is 2.61. The number of rotatable bonds is 1. The van der Waals surface area contributed by atoms with Crippen LogP contribution in [0.3, 0.4) is 0 Å². The van der Waals surface area contributed by atoms with Gasteiger partial charge in [0.15, 0.2) is 0 Å². The van der Waals surface area contributed by atoms with Crippen molar-refractivity contribution in [2.45, 2.75) is 24.8 Å². The minimum atomic E-state index is -0.319. The first-order valence-electron chi connectivity index (χ1n) is 3.11. The molecule has 0 spiro atoms. The summed E-state index contributed by atoms with van der Waals surface area (Å²) in [7, 11) is 1.75. The highest BCUT2D eigenvalue weighted by molar-refractivity contribution is 5.11. The van der Waals surface area contributed by atoms with Crippen LogP contribution in [0.2, 0.25) is 0 Å². The molecule has 3 nitrogen and oxygen atoms in total. The second-order valence-electron chi connectivity index (χ2n) is 2.61. The number of nitrogens with zero attached hydrogens (tertiary/aromatic N) is 2. The van der Waals surface area contributed by atoms with Crippen LogP contribution >= 0.6 is 0 Å². The lowest BCUT2D eigenvalue weighted by molar-refractivity contribution is 0.0926. The van der Waals surface area contributed by atoms with Crippen LogP contribution in [0.4, 0.5) is 0 Å². The first-order valence-corrected chi connectivity index (χ1v) is 3.11. The molecule has 2 N–H and O–H groups in total. The Balaban J connectivity index is 2.60. The van der Waals surface area contributed by atoms with Gasteiger partial charge in [-0.2, -0.15) is 5.26 Å². The molecule has 1 rings (SSSR count). The van der Waals surface area contributed by atoms with E-state index in [9.17, 15) is 0 Å². The van der Waals surface area contributed by atoms with Crippen molar-refractivity contribution in [1.29, 1.82) is 5.26 Å². The normalized spacial score (nSPS) is 22.9. The number of nitriles is 1. The van der Waals surface area contributed by atoms with Crippen LogP contribution in [-0.2, 0) is 0 Å². The summed E-state index contributed by atoms with van der Waals surface area (Å²) in [6.07, 6.45) is 2.99. The summed E-state index contributed by atoms with van der Waals surface area (Å²) in [4.78, 5) is 0. The maximum Gasteiger partial charge on any atom is 0.121 e. The summed E-state index contributed by atoms with van der Waals surface area (Å²) in [5, 5.41) is 10.2. The second kappa shape index (κ2) is 1.98. The van der Waals surface area contributed by atoms with Gasteiger partial charge in [-0.3, -0.25) is 5.84 Å². The lowest BCUT2D eigenvalue weighted by Crippen LogP contribution is -2.54. The Labute approximate surface area is 55.0 Å². The van der Waals surface area contributed by atoms with E-state index in [0.717, 1.165) is 19.3 Å². The van der Waals surface area contributed by atoms with Gasteiger partial charge in [0.25, 0.3) is 0 Å². The molecule has 50 valence electrons. The zero-order chi connectivity index (χ0) is 6.91. The zero-order valence-electron chi connectivity index (χ0n) is 5.59. The Kier molecular flexibility index (Phi) is 1.43. The first-order chi connectivity index (χ1) is 4.21. The molecule has 0 aromatic heterocycles. The fourth-order valence-electron chi connectivity index (χ4n) is 1.06. The van der Waals surface area contributed by atoms with Gasteiger partial charge in [0.1, 0.15) is 5.54 Å². The molecule has 0 aromatic rings. The minimum absolute atomic E-state index is 0.319. The number of nitrogens with two attached hydrogens (primary N) is 1. The summed E-state index contributed by atoms with van der Waals surface area (Å²) >= 11 is 0. The van der Waals surface area contributed by atoms with Crippen molar-refractivity contribution < 1.29 is 0 Å². The molecule has 1 fully saturated rings. The lowest BCUT2D eigenvalue weighted by Gasteiger charge is -2.40. The third-order valence-corrected chi connectivity index (χ3v) is 2.06. The third-order valence-electron chi connectivity index (χ3n) is 2.06. The zero-order valence-corrected chi connectivity index (χ0v) is 5.59. The summed E-state index contributed by atoms with van der Waals surface area (Å²) in [6, 6.07) is 2.22. The van der Waals surface area contributed by atoms with Crippen molar-refractivity contribution in [3.8, 4) is 6.07 Å². The van der Waals surface area contributed by atoms with E-state index in [2.05, 4.69) is 6.07 Å². The van der Waals surface area contributed by atoms with E-state index in [-0.39, 0.29) is 5.54 Å². The summed E-state index contributed by atoms with van der Waals surface area (Å²) in [5.74, 6) is 5.45. The third kappa shape index (κ3) is 0.805. The van der Waals surface area contributed by atoms with Gasteiger partial charge in [-0.25, -0.2) is 5.01 Å². The van der Waals surface area contributed by atoms with E-state index < -0.39 is 0 Å². The van der Waals surface area contributed by atoms with E-state index in [0.29, 0.717) is 0 Å². The van der Waals surface area contributed by atoms with Gasteiger partial charge < -0.3 is 0 Å². The average molecular weight is 125 g/mol. The molecule has 0 aliphatic heterocycles. The van der Waals surface area contributed by atoms with E-state index in [1.165, 1.54) is 5.01 Å². The molecule has 0 amide bonds. The van der Waals surface area contributed by atoms with Gasteiger partial charge in [-0.1, -0.05) is 0 Å². The number of hydrazine groups is 1. The van der Waals surface area contributed by atoms with Gasteiger partial charge >= 0.3 is 0 Å². The van der Waals surface area contributed by atoms with Gasteiger partial charge in [0.2, 0.25) is 0 Å². The maximum atomic E-state index is 8.64. The largest absolute Gasteiger partial charge is 0.268 e. The smallest absolute Gasteiger partial charge is 0.121 e. The van der Waals surface area contributed by atoms with Gasteiger partial charge in [0, 0.05) is 7.05 Å². The Bertz CT molecular complexity index is 141. The molecule has 3 heteroatoms. The Hall–Kier alpha value is -0.590. The molecule has 9 heavy (non-hydrogen) atoms. The predicted molar refractivity (Wildman–Crippen MR) is 34.1 cm³/mol. The predicted octanol–water partition coefficient (Wildman–Crippen LogP) is 0.238. The maximum absolute atomic E-state index is 8.64. The van der Waals surface area contributed by atoms with Crippen molar-refractivity contribution >= 4 is 0 Å². The monoisotopic (exact) mass is 125 g/mol. The number of hydrogen-bond donors (Lipinski definition) is 1. The molecule has 0 radical (unpaired) electrons. The molecule has 0 unspecified atom stereocenters. The van der Waals surface area contributed by atoms with Crippen molar-refractivity contribution in [3.05, 3.63) is 0 Å². The number of hydrogen-bond acceptors (Lipinski definition) is 3. The van der Waals surface area contributed by atoms with Gasteiger partial charge in [-0.15, -0.1) is 0 Å². The molecule has 1 aliphatic carbocycles. The van der Waals surface area contributed by atoms with Crippen LogP contribution < -0.4 is 5.84 Å². The van der Waals surface area contributed by atoms with E-state index in [4.69, 9.17) is 11.1 Å². The average Bonchev–Trinajstić information content (AvgIpc) is 1.62. The van der Waals surface area contributed by atoms with Crippen molar-refractivity contribution in [2.75, 3.05) is 7.05 Å². The van der Waals surface area contributed by atoms with Crippen LogP contribution in [0.1, 0.15) is 19.3 Å². The Morgan fingerprint density at radius 2 is 2.22 bits per heavy atom. The van der Waals surface area contributed by atoms with Crippen LogP contribution in [0.15, 0.2) is 0 Å². The standard InChI is InChI=1S/C6H11N3/c1-9(8)6(5-7)3-2-4-6/h2-4,8H2,1H3. The first kappa shape index (κ1) is 6.53. The van der Waals surface area contributed by atoms with Gasteiger partial charge in [0.05, 0.1) is 6.07 Å². The lowest BCUT2D eigenvalue weighted by atomic mass is 9.78. The minimum Gasteiger partial charge on any atom is -0.268 e. The molecule has 0 atom stereocenters. The molecule has 0 heterocycles. The molecular weight excluding hydrogens is 114 g/mol. The van der Waals surface area contributed by atoms with Gasteiger partial charge in [-0.05, 0) is 19.3 Å². The van der Waals surface area contributed by atoms with Crippen LogP contribution in [0.25, 0.3) is 0 Å². The van der Waals surface area contributed by atoms with Crippen molar-refractivity contribution in [2.24, 2.45) is 5.84 Å². The fourth-order valence-corrected chi connectivity index (χ4v) is 1.06. The Morgan fingerprint density at radius 3 is 2.22 bits per heavy atom. The summed E-state index contributed by atoms with van der Waals surface area (Å²) in [6.45, 7) is 0. The molecule has 0 bridgehead atoms. The molecule has 0 saturated heterocycles. The summed E-state index contributed by atoms with van der Waals surface area (Å²) < 4.78 is 0. The van der Waals surface area contributed by atoms with Crippen molar-refractivity contribution in [3.63, 3.8) is 0 Å². The SMILES string of the molecule is CN(N)C1(C#N)CCC1. The van der Waals surface area contributed by atoms with Crippen molar-refractivity contribution in [1.82, 2.24) is 5.01 Å². The molecule has 1 saturated carbocycles. The molecule has 1 aliphatic rings. The highest BCUT2D eigenvalue weighted by Crippen LogP contribution is 2.34. The van der Waals surface area contributed by atoms with E-state index >= 15 is 0 Å². The topological polar surface area (TPSA) is 53.0 Å². The highest BCUT2D eigenvalue weighted by Gasteiger charge is 2.39. The summed E-state index contributed by atoms with van der Waals surface area (Å²) in [5.41, 5.74) is -0.319. The van der Waals surface area contributed by atoms with Crippen LogP contribution in [0.5, 0.6) is 0 Å². The van der Waals surface area contributed by atoms with E-state index in [1.54, 1.807) is 7.05 Å². The fraction of sp³-hybridized carbons (Fsp3) is 0.833. The molecule has 0 aromatic carbocycles. The quantitative estimate of drug-likeness (QED) is 0.403. The highest BCUT2D eigenvalue weighted by atomic mass is 15.4. The van der Waals surface area contributed by atoms with Crippen LogP contribution in [0, 0.1) is 11.3 Å². The molecular formula is C6H11N3. The Morgan fingerprint density at radius 1 is 1.67 bits per heavy atom. The van der Waals surface area contributed by atoms with E-state index in [1.807, 2.05) is 0 Å². The van der Waals surface area contributed by atoms with Crippen LogP contribution in [-0.4, -0.2) is 17.6 Å².